The van der Waals surface area contributed by atoms with Crippen LogP contribution in [0.15, 0.2) is 63.3 Å². The summed E-state index contributed by atoms with van der Waals surface area (Å²) in [5, 5.41) is 0. The minimum Gasteiger partial charge on any atom is -0.289 e. The second-order valence-electron chi connectivity index (χ2n) is 5.90. The molecule has 0 aromatic heterocycles. The highest BCUT2D eigenvalue weighted by molar-refractivity contribution is 7.85. The lowest BCUT2D eigenvalue weighted by Crippen LogP contribution is -2.05. The molecule has 2 nitrogen and oxygen atoms in total. The van der Waals surface area contributed by atoms with E-state index < -0.39 is 10.8 Å². The van der Waals surface area contributed by atoms with Crippen molar-refractivity contribution in [3.8, 4) is 0 Å². The second-order valence-corrected chi connectivity index (χ2v) is 7.35. The van der Waals surface area contributed by atoms with Gasteiger partial charge in [0.15, 0.2) is 0 Å². The van der Waals surface area contributed by atoms with E-state index in [0.29, 0.717) is 5.92 Å². The average molecular weight is 313 g/mol. The summed E-state index contributed by atoms with van der Waals surface area (Å²) in [5.41, 5.74) is 3.09. The van der Waals surface area contributed by atoms with Gasteiger partial charge in [0.2, 0.25) is 0 Å². The van der Waals surface area contributed by atoms with Gasteiger partial charge >= 0.3 is 0 Å². The van der Waals surface area contributed by atoms with E-state index in [-0.39, 0.29) is 0 Å². The molecule has 0 spiro atoms. The third kappa shape index (κ3) is 4.14. The number of aryl methyl sites for hydroxylation is 1. The van der Waals surface area contributed by atoms with Crippen LogP contribution in [0.1, 0.15) is 31.9 Å². The van der Waals surface area contributed by atoms with E-state index in [4.69, 9.17) is 0 Å². The maximum absolute atomic E-state index is 12.9. The highest BCUT2D eigenvalue weighted by Crippen LogP contribution is 2.21. The smallest absolute Gasteiger partial charge is 0.0856 e. The topological polar surface area (TPSA) is 29.4 Å². The monoisotopic (exact) mass is 313 g/mol. The quantitative estimate of drug-likeness (QED) is 0.740. The normalized spacial score (nSPS) is 13.4. The van der Waals surface area contributed by atoms with Crippen molar-refractivity contribution in [2.45, 2.75) is 37.5 Å². The molecule has 0 unspecified atom stereocenters. The zero-order chi connectivity index (χ0) is 16.1. The molecular weight excluding hydrogens is 290 g/mol. The average Bonchev–Trinajstić information content (AvgIpc) is 2.52. The van der Waals surface area contributed by atoms with Crippen molar-refractivity contribution >= 4 is 16.5 Å². The van der Waals surface area contributed by atoms with Crippen LogP contribution in [0.25, 0.3) is 0 Å². The van der Waals surface area contributed by atoms with Gasteiger partial charge in [-0.1, -0.05) is 49.7 Å². The zero-order valence-corrected chi connectivity index (χ0v) is 14.5. The first-order valence-electron chi connectivity index (χ1n) is 7.58. The van der Waals surface area contributed by atoms with Gasteiger partial charge in [0, 0.05) is 22.7 Å². The number of nitrogens with zero attached hydrogens (tertiary/aromatic N) is 1. The van der Waals surface area contributed by atoms with E-state index in [2.05, 4.69) is 18.8 Å². The van der Waals surface area contributed by atoms with Crippen LogP contribution in [0.4, 0.5) is 0 Å². The number of rotatable bonds is 5. The van der Waals surface area contributed by atoms with Crippen molar-refractivity contribution in [2.75, 3.05) is 6.54 Å². The van der Waals surface area contributed by atoms with Gasteiger partial charge in [-0.25, -0.2) is 4.21 Å². The maximum atomic E-state index is 12.9. The van der Waals surface area contributed by atoms with E-state index in [1.807, 2.05) is 62.4 Å². The summed E-state index contributed by atoms with van der Waals surface area (Å²) in [4.78, 5) is 6.29. The van der Waals surface area contributed by atoms with Crippen LogP contribution < -0.4 is 0 Å². The minimum atomic E-state index is -1.18. The number of aliphatic imine (C=N–C) groups is 1. The van der Waals surface area contributed by atoms with E-state index in [1.165, 1.54) is 5.56 Å². The first-order valence-corrected chi connectivity index (χ1v) is 8.73. The molecule has 0 aliphatic rings. The van der Waals surface area contributed by atoms with Crippen molar-refractivity contribution < 1.29 is 4.21 Å². The Morgan fingerprint density at radius 2 is 1.73 bits per heavy atom. The Labute approximate surface area is 135 Å². The molecule has 2 rings (SSSR count). The first-order chi connectivity index (χ1) is 10.5. The second kappa shape index (κ2) is 7.50. The van der Waals surface area contributed by atoms with Crippen LogP contribution in [0, 0.1) is 12.8 Å². The molecule has 2 aromatic carbocycles. The first kappa shape index (κ1) is 16.6. The molecule has 0 saturated carbocycles. The van der Waals surface area contributed by atoms with Crippen LogP contribution in [0.2, 0.25) is 0 Å². The van der Waals surface area contributed by atoms with Crippen molar-refractivity contribution in [1.82, 2.24) is 0 Å². The third-order valence-electron chi connectivity index (χ3n) is 3.41. The van der Waals surface area contributed by atoms with Crippen molar-refractivity contribution in [2.24, 2.45) is 10.9 Å². The van der Waals surface area contributed by atoms with Crippen molar-refractivity contribution in [1.29, 1.82) is 0 Å². The third-order valence-corrected chi connectivity index (χ3v) is 4.86. The van der Waals surface area contributed by atoms with E-state index >= 15 is 0 Å². The molecule has 0 amide bonds. The van der Waals surface area contributed by atoms with Gasteiger partial charge in [-0.3, -0.25) is 4.99 Å². The Hall–Kier alpha value is -1.74. The summed E-state index contributed by atoms with van der Waals surface area (Å²) in [6.45, 7) is 9.11. The molecule has 0 heterocycles. The highest BCUT2D eigenvalue weighted by atomic mass is 32.2. The fraction of sp³-hybridized carbons (Fsp3) is 0.316. The Balaban J connectivity index is 2.37. The predicted octanol–water partition coefficient (Wildman–Crippen LogP) is 4.63. The fourth-order valence-electron chi connectivity index (χ4n) is 2.12. The number of hydrogen-bond donors (Lipinski definition) is 0. The molecule has 0 radical (unpaired) electrons. The maximum Gasteiger partial charge on any atom is 0.0856 e. The molecule has 0 N–H and O–H groups in total. The van der Waals surface area contributed by atoms with Gasteiger partial charge in [0.25, 0.3) is 0 Å². The van der Waals surface area contributed by atoms with Crippen molar-refractivity contribution in [3.63, 3.8) is 0 Å². The molecule has 22 heavy (non-hydrogen) atoms. The van der Waals surface area contributed by atoms with Gasteiger partial charge in [-0.05, 0) is 38.0 Å². The number of benzene rings is 2. The largest absolute Gasteiger partial charge is 0.289 e. The van der Waals surface area contributed by atoms with E-state index in [1.54, 1.807) is 0 Å². The zero-order valence-electron chi connectivity index (χ0n) is 13.7. The molecule has 116 valence electrons. The predicted molar refractivity (Wildman–Crippen MR) is 94.2 cm³/mol. The molecule has 0 fully saturated rings. The molecule has 0 saturated heterocycles. The summed E-state index contributed by atoms with van der Waals surface area (Å²) in [6, 6.07) is 15.7. The summed E-state index contributed by atoms with van der Waals surface area (Å²) in [5.74, 6) is 0.518. The van der Waals surface area contributed by atoms with Gasteiger partial charge in [-0.15, -0.1) is 0 Å². The number of hydrogen-bond acceptors (Lipinski definition) is 2. The summed E-state index contributed by atoms with van der Waals surface area (Å²) in [6.07, 6.45) is 0. The van der Waals surface area contributed by atoms with Gasteiger partial charge in [-0.2, -0.15) is 0 Å². The van der Waals surface area contributed by atoms with E-state index in [9.17, 15) is 4.21 Å². The van der Waals surface area contributed by atoms with Crippen LogP contribution >= 0.6 is 0 Å². The lowest BCUT2D eigenvalue weighted by atomic mass is 10.1. The Morgan fingerprint density at radius 3 is 2.36 bits per heavy atom. The molecule has 1 atom stereocenters. The van der Waals surface area contributed by atoms with Crippen LogP contribution in [0.5, 0.6) is 0 Å². The Kier molecular flexibility index (Phi) is 5.67. The molecule has 3 heteroatoms. The van der Waals surface area contributed by atoms with E-state index in [0.717, 1.165) is 27.6 Å². The van der Waals surface area contributed by atoms with Gasteiger partial charge in [0.1, 0.15) is 0 Å². The van der Waals surface area contributed by atoms with Crippen LogP contribution in [0.3, 0.4) is 0 Å². The minimum absolute atomic E-state index is 0.518. The highest BCUT2D eigenvalue weighted by Gasteiger charge is 2.13. The lowest BCUT2D eigenvalue weighted by molar-refractivity contribution is 0.665. The fourth-order valence-corrected chi connectivity index (χ4v) is 3.38. The van der Waals surface area contributed by atoms with Gasteiger partial charge < -0.3 is 0 Å². The lowest BCUT2D eigenvalue weighted by Gasteiger charge is -2.10. The molecular formula is C19H23NOS. The molecule has 0 bridgehead atoms. The van der Waals surface area contributed by atoms with Crippen LogP contribution in [-0.4, -0.2) is 16.5 Å². The molecule has 2 aromatic rings. The summed E-state index contributed by atoms with van der Waals surface area (Å²) in [7, 11) is -1.18. The Morgan fingerprint density at radius 1 is 1.09 bits per heavy atom. The summed E-state index contributed by atoms with van der Waals surface area (Å²) < 4.78 is 12.9. The van der Waals surface area contributed by atoms with Crippen molar-refractivity contribution in [3.05, 3.63) is 59.7 Å². The standard InChI is InChI=1S/C19H23NOS/c1-14(2)13-20-16(4)18-7-5-6-8-19(18)22(21)17-11-9-15(3)10-12-17/h5-12,14H,13H2,1-4H3/t22-/m0/s1. The Bertz CT molecular complexity index is 687. The SMILES string of the molecule is CC(=NCC(C)C)c1ccccc1[S@@](=O)c1ccc(C)cc1. The molecule has 0 aliphatic heterocycles. The van der Waals surface area contributed by atoms with Crippen LogP contribution in [-0.2, 0) is 10.8 Å². The van der Waals surface area contributed by atoms with Gasteiger partial charge in [0.05, 0.1) is 15.7 Å². The summed E-state index contributed by atoms with van der Waals surface area (Å²) >= 11 is 0. The molecule has 0 aliphatic carbocycles.